The number of ether oxygens (including phenoxy) is 1. The van der Waals surface area contributed by atoms with Crippen molar-refractivity contribution in [3.8, 4) is 0 Å². The highest BCUT2D eigenvalue weighted by Gasteiger charge is 2.40. The van der Waals surface area contributed by atoms with E-state index in [1.54, 1.807) is 0 Å². The molecule has 3 unspecified atom stereocenters. The SMILES string of the molecule is CCCC1CN(CC2CCC(C)(C)O2)C(C)(CC)CN1. The second kappa shape index (κ2) is 6.33. The molecule has 1 N–H and O–H groups in total. The maximum absolute atomic E-state index is 6.22. The Morgan fingerprint density at radius 3 is 2.55 bits per heavy atom. The first-order valence-corrected chi connectivity index (χ1v) is 8.55. The molecule has 0 aromatic heterocycles. The van der Waals surface area contributed by atoms with Crippen molar-refractivity contribution in [3.63, 3.8) is 0 Å². The molecule has 2 aliphatic heterocycles. The Bertz CT molecular complexity index is 318. The molecule has 0 aromatic rings. The minimum Gasteiger partial charge on any atom is -0.371 e. The summed E-state index contributed by atoms with van der Waals surface area (Å²) in [6.07, 6.45) is 6.60. The minimum absolute atomic E-state index is 0.0874. The molecule has 0 saturated carbocycles. The van der Waals surface area contributed by atoms with Gasteiger partial charge in [0.2, 0.25) is 0 Å². The second-order valence-electron chi connectivity index (χ2n) is 7.66. The predicted octanol–water partition coefficient (Wildman–Crippen LogP) is 3.19. The third-order valence-electron chi connectivity index (χ3n) is 5.35. The van der Waals surface area contributed by atoms with Crippen molar-refractivity contribution in [1.29, 1.82) is 0 Å². The number of piperazine rings is 1. The summed E-state index contributed by atoms with van der Waals surface area (Å²) < 4.78 is 6.22. The summed E-state index contributed by atoms with van der Waals surface area (Å²) in [4.78, 5) is 2.70. The molecule has 2 saturated heterocycles. The minimum atomic E-state index is 0.0874. The summed E-state index contributed by atoms with van der Waals surface area (Å²) in [6, 6.07) is 0.661. The van der Waals surface area contributed by atoms with E-state index in [0.29, 0.717) is 17.7 Å². The third kappa shape index (κ3) is 3.75. The zero-order valence-corrected chi connectivity index (χ0v) is 14.2. The molecular formula is C17H34N2O. The fourth-order valence-electron chi connectivity index (χ4n) is 3.66. The Balaban J connectivity index is 1.97. The Hall–Kier alpha value is -0.120. The molecule has 118 valence electrons. The molecular weight excluding hydrogens is 248 g/mol. The highest BCUT2D eigenvalue weighted by atomic mass is 16.5. The lowest BCUT2D eigenvalue weighted by molar-refractivity contribution is -0.0535. The van der Waals surface area contributed by atoms with Gasteiger partial charge in [0, 0.05) is 31.2 Å². The van der Waals surface area contributed by atoms with Gasteiger partial charge >= 0.3 is 0 Å². The van der Waals surface area contributed by atoms with Crippen LogP contribution in [0.2, 0.25) is 0 Å². The summed E-state index contributed by atoms with van der Waals surface area (Å²) >= 11 is 0. The average molecular weight is 282 g/mol. The number of rotatable bonds is 5. The van der Waals surface area contributed by atoms with Crippen LogP contribution in [-0.2, 0) is 4.74 Å². The molecule has 0 bridgehead atoms. The molecule has 3 nitrogen and oxygen atoms in total. The Labute approximate surface area is 125 Å². The molecule has 0 spiro atoms. The van der Waals surface area contributed by atoms with Gasteiger partial charge in [0.05, 0.1) is 11.7 Å². The molecule has 0 aliphatic carbocycles. The number of nitrogens with zero attached hydrogens (tertiary/aromatic N) is 1. The van der Waals surface area contributed by atoms with E-state index in [4.69, 9.17) is 4.74 Å². The van der Waals surface area contributed by atoms with Crippen LogP contribution in [0.15, 0.2) is 0 Å². The molecule has 2 fully saturated rings. The van der Waals surface area contributed by atoms with Crippen molar-refractivity contribution in [2.75, 3.05) is 19.6 Å². The van der Waals surface area contributed by atoms with Crippen molar-refractivity contribution >= 4 is 0 Å². The predicted molar refractivity (Wildman–Crippen MR) is 85.2 cm³/mol. The highest BCUT2D eigenvalue weighted by molar-refractivity contribution is 4.97. The number of hydrogen-bond acceptors (Lipinski definition) is 3. The second-order valence-corrected chi connectivity index (χ2v) is 7.66. The van der Waals surface area contributed by atoms with E-state index in [9.17, 15) is 0 Å². The molecule has 0 radical (unpaired) electrons. The molecule has 3 heteroatoms. The summed E-state index contributed by atoms with van der Waals surface area (Å²) in [5, 5.41) is 3.75. The third-order valence-corrected chi connectivity index (χ3v) is 5.35. The lowest BCUT2D eigenvalue weighted by Gasteiger charge is -2.49. The highest BCUT2D eigenvalue weighted by Crippen LogP contribution is 2.32. The average Bonchev–Trinajstić information content (AvgIpc) is 2.73. The van der Waals surface area contributed by atoms with Gasteiger partial charge in [-0.15, -0.1) is 0 Å². The van der Waals surface area contributed by atoms with Gasteiger partial charge in [-0.3, -0.25) is 4.90 Å². The van der Waals surface area contributed by atoms with Crippen LogP contribution in [0, 0.1) is 0 Å². The van der Waals surface area contributed by atoms with Crippen molar-refractivity contribution in [2.45, 2.75) is 90.0 Å². The zero-order chi connectivity index (χ0) is 14.8. The fraction of sp³-hybridized carbons (Fsp3) is 1.00. The summed E-state index contributed by atoms with van der Waals surface area (Å²) in [5.41, 5.74) is 0.379. The van der Waals surface area contributed by atoms with Gasteiger partial charge in [0.25, 0.3) is 0 Å². The van der Waals surface area contributed by atoms with Gasteiger partial charge in [-0.25, -0.2) is 0 Å². The Morgan fingerprint density at radius 1 is 1.25 bits per heavy atom. The maximum atomic E-state index is 6.22. The van der Waals surface area contributed by atoms with E-state index >= 15 is 0 Å². The topological polar surface area (TPSA) is 24.5 Å². The lowest BCUT2D eigenvalue weighted by atomic mass is 9.90. The van der Waals surface area contributed by atoms with Crippen LogP contribution in [0.1, 0.15) is 66.7 Å². The molecule has 3 atom stereocenters. The maximum Gasteiger partial charge on any atom is 0.0710 e. The number of hydrogen-bond donors (Lipinski definition) is 1. The molecule has 2 aliphatic rings. The quantitative estimate of drug-likeness (QED) is 0.838. The molecule has 0 amide bonds. The monoisotopic (exact) mass is 282 g/mol. The van der Waals surface area contributed by atoms with Crippen molar-refractivity contribution in [2.24, 2.45) is 0 Å². The van der Waals surface area contributed by atoms with Crippen LogP contribution < -0.4 is 5.32 Å². The zero-order valence-electron chi connectivity index (χ0n) is 14.2. The van der Waals surface area contributed by atoms with Gasteiger partial charge in [0.1, 0.15) is 0 Å². The van der Waals surface area contributed by atoms with Gasteiger partial charge in [-0.1, -0.05) is 20.3 Å². The van der Waals surface area contributed by atoms with Crippen LogP contribution in [0.3, 0.4) is 0 Å². The van der Waals surface area contributed by atoms with Crippen LogP contribution in [-0.4, -0.2) is 47.8 Å². The first-order valence-electron chi connectivity index (χ1n) is 8.55. The van der Waals surface area contributed by atoms with Crippen molar-refractivity contribution < 1.29 is 4.74 Å². The first-order chi connectivity index (χ1) is 9.38. The van der Waals surface area contributed by atoms with E-state index in [0.717, 1.165) is 13.1 Å². The van der Waals surface area contributed by atoms with Crippen LogP contribution >= 0.6 is 0 Å². The van der Waals surface area contributed by atoms with Gasteiger partial charge in [0.15, 0.2) is 0 Å². The molecule has 2 heterocycles. The fourth-order valence-corrected chi connectivity index (χ4v) is 3.66. The molecule has 2 rings (SSSR count). The van der Waals surface area contributed by atoms with E-state index < -0.39 is 0 Å². The van der Waals surface area contributed by atoms with Gasteiger partial charge in [-0.2, -0.15) is 0 Å². The summed E-state index contributed by atoms with van der Waals surface area (Å²) in [6.45, 7) is 14.9. The Morgan fingerprint density at radius 2 is 2.00 bits per heavy atom. The first kappa shape index (κ1) is 16.3. The van der Waals surface area contributed by atoms with Crippen LogP contribution in [0.25, 0.3) is 0 Å². The standard InChI is InChI=1S/C17H34N2O/c1-6-8-14-11-19(17(5,7-2)13-18-14)12-15-9-10-16(3,4)20-15/h14-15,18H,6-13H2,1-5H3. The molecule has 20 heavy (non-hydrogen) atoms. The number of nitrogens with one attached hydrogen (secondary N) is 1. The van der Waals surface area contributed by atoms with E-state index in [1.807, 2.05) is 0 Å². The van der Waals surface area contributed by atoms with Crippen molar-refractivity contribution in [3.05, 3.63) is 0 Å². The van der Waals surface area contributed by atoms with E-state index in [-0.39, 0.29) is 5.60 Å². The van der Waals surface area contributed by atoms with Gasteiger partial charge < -0.3 is 10.1 Å². The lowest BCUT2D eigenvalue weighted by Crippen LogP contribution is -2.64. The van der Waals surface area contributed by atoms with Crippen molar-refractivity contribution in [1.82, 2.24) is 10.2 Å². The normalized spacial score (nSPS) is 38.2. The summed E-state index contributed by atoms with van der Waals surface area (Å²) in [5.74, 6) is 0. The van der Waals surface area contributed by atoms with Crippen LogP contribution in [0.5, 0.6) is 0 Å². The van der Waals surface area contributed by atoms with Gasteiger partial charge in [-0.05, 0) is 46.5 Å². The Kier molecular flexibility index (Phi) is 5.14. The largest absolute Gasteiger partial charge is 0.371 e. The summed E-state index contributed by atoms with van der Waals surface area (Å²) in [7, 11) is 0. The van der Waals surface area contributed by atoms with Crippen LogP contribution in [0.4, 0.5) is 0 Å². The van der Waals surface area contributed by atoms with E-state index in [2.05, 4.69) is 44.8 Å². The van der Waals surface area contributed by atoms with E-state index in [1.165, 1.54) is 38.6 Å². The smallest absolute Gasteiger partial charge is 0.0710 e. The molecule has 0 aromatic carbocycles.